The van der Waals surface area contributed by atoms with Crippen molar-refractivity contribution in [3.8, 4) is 11.5 Å². The third-order valence-corrected chi connectivity index (χ3v) is 3.35. The molecule has 128 valence electrons. The Labute approximate surface area is 141 Å². The van der Waals surface area contributed by atoms with Crippen LogP contribution in [0.25, 0.3) is 0 Å². The van der Waals surface area contributed by atoms with Gasteiger partial charge in [0.25, 0.3) is 0 Å². The smallest absolute Gasteiger partial charge is 0.229 e. The van der Waals surface area contributed by atoms with Crippen molar-refractivity contribution in [1.29, 1.82) is 0 Å². The van der Waals surface area contributed by atoms with Crippen molar-refractivity contribution in [2.45, 2.75) is 20.3 Å². The van der Waals surface area contributed by atoms with Crippen LogP contribution in [0.1, 0.15) is 17.0 Å². The number of aliphatic imine (C=N–C) groups is 1. The van der Waals surface area contributed by atoms with Crippen LogP contribution in [0.15, 0.2) is 29.3 Å². The largest absolute Gasteiger partial charge is 0.493 e. The van der Waals surface area contributed by atoms with Gasteiger partial charge in [0.05, 0.1) is 14.2 Å². The number of hydrogen-bond donors (Lipinski definition) is 2. The van der Waals surface area contributed by atoms with Gasteiger partial charge >= 0.3 is 0 Å². The van der Waals surface area contributed by atoms with Gasteiger partial charge in [-0.1, -0.05) is 6.07 Å². The lowest BCUT2D eigenvalue weighted by Crippen LogP contribution is -2.24. The number of rotatable bonds is 6. The maximum atomic E-state index is 5.89. The highest BCUT2D eigenvalue weighted by Crippen LogP contribution is 2.27. The number of anilines is 1. The molecule has 0 aliphatic rings. The Hall–Kier alpha value is -2.83. The number of guanidine groups is 1. The summed E-state index contributed by atoms with van der Waals surface area (Å²) >= 11 is 0. The maximum Gasteiger partial charge on any atom is 0.229 e. The second kappa shape index (κ2) is 8.14. The number of aryl methyl sites for hydroxylation is 2. The van der Waals surface area contributed by atoms with E-state index >= 15 is 0 Å². The van der Waals surface area contributed by atoms with E-state index in [9.17, 15) is 0 Å². The predicted molar refractivity (Wildman–Crippen MR) is 94.9 cm³/mol. The van der Waals surface area contributed by atoms with Gasteiger partial charge < -0.3 is 15.2 Å². The summed E-state index contributed by atoms with van der Waals surface area (Å²) in [6.45, 7) is 4.35. The Morgan fingerprint density at radius 3 is 2.38 bits per heavy atom. The Balaban J connectivity index is 1.95. The van der Waals surface area contributed by atoms with Crippen LogP contribution < -0.4 is 20.5 Å². The van der Waals surface area contributed by atoms with Crippen LogP contribution in [0.2, 0.25) is 0 Å². The van der Waals surface area contributed by atoms with Gasteiger partial charge in [-0.3, -0.25) is 10.3 Å². The second-order valence-electron chi connectivity index (χ2n) is 5.31. The first-order valence-electron chi connectivity index (χ1n) is 7.62. The number of nitrogens with one attached hydrogen (secondary N) is 1. The molecular weight excluding hydrogens is 306 g/mol. The first-order chi connectivity index (χ1) is 11.5. The highest BCUT2D eigenvalue weighted by molar-refractivity contribution is 5.90. The van der Waals surface area contributed by atoms with E-state index in [2.05, 4.69) is 20.3 Å². The van der Waals surface area contributed by atoms with Crippen molar-refractivity contribution in [2.75, 3.05) is 26.1 Å². The summed E-state index contributed by atoms with van der Waals surface area (Å²) in [5.41, 5.74) is 8.73. The molecule has 3 N–H and O–H groups in total. The van der Waals surface area contributed by atoms with Crippen molar-refractivity contribution in [3.05, 3.63) is 41.2 Å². The fraction of sp³-hybridized carbons (Fsp3) is 0.353. The molecule has 0 atom stereocenters. The fourth-order valence-electron chi connectivity index (χ4n) is 2.28. The summed E-state index contributed by atoms with van der Waals surface area (Å²) in [6, 6.07) is 7.69. The summed E-state index contributed by atoms with van der Waals surface area (Å²) < 4.78 is 10.5. The zero-order valence-electron chi connectivity index (χ0n) is 14.5. The van der Waals surface area contributed by atoms with Gasteiger partial charge in [0.2, 0.25) is 5.95 Å². The van der Waals surface area contributed by atoms with E-state index in [-0.39, 0.29) is 0 Å². The zero-order valence-corrected chi connectivity index (χ0v) is 14.5. The zero-order chi connectivity index (χ0) is 17.5. The second-order valence-corrected chi connectivity index (χ2v) is 5.31. The Kier molecular flexibility index (Phi) is 5.95. The highest BCUT2D eigenvalue weighted by atomic mass is 16.5. The topological polar surface area (TPSA) is 94.7 Å². The van der Waals surface area contributed by atoms with Gasteiger partial charge in [-0.25, -0.2) is 9.97 Å². The Morgan fingerprint density at radius 1 is 1.08 bits per heavy atom. The monoisotopic (exact) mass is 329 g/mol. The molecule has 0 aliphatic heterocycles. The molecule has 0 spiro atoms. The minimum Gasteiger partial charge on any atom is -0.493 e. The summed E-state index contributed by atoms with van der Waals surface area (Å²) in [5.74, 6) is 2.16. The SMILES string of the molecule is COc1ccc(CCN=C(N)Nc2nc(C)cc(C)n2)cc1OC. The maximum absolute atomic E-state index is 5.89. The van der Waals surface area contributed by atoms with E-state index in [4.69, 9.17) is 15.2 Å². The molecule has 0 amide bonds. The summed E-state index contributed by atoms with van der Waals surface area (Å²) in [4.78, 5) is 12.8. The lowest BCUT2D eigenvalue weighted by atomic mass is 10.1. The van der Waals surface area contributed by atoms with E-state index in [1.54, 1.807) is 14.2 Å². The first-order valence-corrected chi connectivity index (χ1v) is 7.62. The third kappa shape index (κ3) is 4.84. The molecule has 2 aromatic rings. The van der Waals surface area contributed by atoms with Crippen LogP contribution in [0.3, 0.4) is 0 Å². The molecule has 2 rings (SSSR count). The number of aromatic nitrogens is 2. The average molecular weight is 329 g/mol. The molecule has 0 fully saturated rings. The van der Waals surface area contributed by atoms with Gasteiger partial charge in [0.1, 0.15) is 0 Å². The number of hydrogen-bond acceptors (Lipinski definition) is 5. The molecule has 7 nitrogen and oxygen atoms in total. The lowest BCUT2D eigenvalue weighted by Gasteiger charge is -2.09. The van der Waals surface area contributed by atoms with Gasteiger partial charge in [-0.15, -0.1) is 0 Å². The molecule has 0 bridgehead atoms. The molecular formula is C17H23N5O2. The van der Waals surface area contributed by atoms with Crippen LogP contribution in [0, 0.1) is 13.8 Å². The van der Waals surface area contributed by atoms with E-state index in [0.29, 0.717) is 30.0 Å². The minimum atomic E-state index is 0.292. The van der Waals surface area contributed by atoms with Crippen molar-refractivity contribution >= 4 is 11.9 Å². The van der Waals surface area contributed by atoms with Crippen molar-refractivity contribution in [1.82, 2.24) is 9.97 Å². The standard InChI is InChI=1S/C17H23N5O2/c1-11-9-12(2)21-17(20-11)22-16(18)19-8-7-13-5-6-14(23-3)15(10-13)24-4/h5-6,9-10H,7-8H2,1-4H3,(H3,18,19,20,21,22). The van der Waals surface area contributed by atoms with Crippen LogP contribution in [0.5, 0.6) is 11.5 Å². The summed E-state index contributed by atoms with van der Waals surface area (Å²) in [5, 5.41) is 2.91. The number of nitrogens with two attached hydrogens (primary N) is 1. The van der Waals surface area contributed by atoms with Gasteiger partial charge in [0, 0.05) is 17.9 Å². The molecule has 1 aromatic carbocycles. The van der Waals surface area contributed by atoms with Crippen molar-refractivity contribution in [3.63, 3.8) is 0 Å². The molecule has 0 saturated heterocycles. The molecule has 0 saturated carbocycles. The number of methoxy groups -OCH3 is 2. The molecule has 7 heteroatoms. The molecule has 0 aliphatic carbocycles. The predicted octanol–water partition coefficient (Wildman–Crippen LogP) is 2.08. The number of benzene rings is 1. The van der Waals surface area contributed by atoms with Gasteiger partial charge in [-0.2, -0.15) is 0 Å². The van der Waals surface area contributed by atoms with Gasteiger partial charge in [-0.05, 0) is 44.0 Å². The van der Waals surface area contributed by atoms with Crippen LogP contribution in [0.4, 0.5) is 5.95 Å². The van der Waals surface area contributed by atoms with Crippen LogP contribution in [-0.2, 0) is 6.42 Å². The normalized spacial score (nSPS) is 11.2. The summed E-state index contributed by atoms with van der Waals surface area (Å²) in [7, 11) is 3.23. The van der Waals surface area contributed by atoms with Crippen LogP contribution in [-0.4, -0.2) is 36.7 Å². The third-order valence-electron chi connectivity index (χ3n) is 3.35. The molecule has 24 heavy (non-hydrogen) atoms. The highest BCUT2D eigenvalue weighted by Gasteiger charge is 2.05. The fourth-order valence-corrected chi connectivity index (χ4v) is 2.28. The molecule has 0 unspecified atom stereocenters. The van der Waals surface area contributed by atoms with Crippen molar-refractivity contribution in [2.24, 2.45) is 10.7 Å². The van der Waals surface area contributed by atoms with Crippen molar-refractivity contribution < 1.29 is 9.47 Å². The Bertz CT molecular complexity index is 711. The van der Waals surface area contributed by atoms with E-state index < -0.39 is 0 Å². The first kappa shape index (κ1) is 17.5. The lowest BCUT2D eigenvalue weighted by molar-refractivity contribution is 0.354. The van der Waals surface area contributed by atoms with E-state index in [0.717, 1.165) is 23.4 Å². The van der Waals surface area contributed by atoms with E-state index in [1.807, 2.05) is 38.1 Å². The molecule has 1 aromatic heterocycles. The molecule has 0 radical (unpaired) electrons. The quantitative estimate of drug-likeness (QED) is 0.622. The molecule has 1 heterocycles. The van der Waals surface area contributed by atoms with E-state index in [1.165, 1.54) is 0 Å². The average Bonchev–Trinajstić information content (AvgIpc) is 2.53. The van der Waals surface area contributed by atoms with Gasteiger partial charge in [0.15, 0.2) is 17.5 Å². The number of ether oxygens (including phenoxy) is 2. The minimum absolute atomic E-state index is 0.292. The van der Waals surface area contributed by atoms with Crippen LogP contribution >= 0.6 is 0 Å². The Morgan fingerprint density at radius 2 is 1.75 bits per heavy atom. The summed E-state index contributed by atoms with van der Waals surface area (Å²) in [6.07, 6.45) is 0.733. The number of nitrogens with zero attached hydrogens (tertiary/aromatic N) is 3.